The molecule has 1 aliphatic rings. The minimum atomic E-state index is -4.62. The van der Waals surface area contributed by atoms with Gasteiger partial charge in [0.15, 0.2) is 0 Å². The third-order valence-corrected chi connectivity index (χ3v) is 8.96. The summed E-state index contributed by atoms with van der Waals surface area (Å²) in [4.78, 5) is 17.1. The molecule has 0 bridgehead atoms. The van der Waals surface area contributed by atoms with Gasteiger partial charge >= 0.3 is 6.18 Å². The SMILES string of the molecule is CCC1(C(=O)NCc2cccnc2-c2cn(S(=O)(=O)c3ccc(C)cc3)c3ccc(C(F)(F)F)cc23)CC1. The highest BCUT2D eigenvalue weighted by molar-refractivity contribution is 7.90. The molecule has 38 heavy (non-hydrogen) atoms. The molecule has 0 unspecified atom stereocenters. The number of nitrogens with one attached hydrogen (secondary N) is 1. The Balaban J connectivity index is 1.65. The Bertz CT molecular complexity index is 1640. The third-order valence-electron chi connectivity index (χ3n) is 7.27. The number of rotatable bonds is 7. The summed E-state index contributed by atoms with van der Waals surface area (Å²) < 4.78 is 69.1. The van der Waals surface area contributed by atoms with Gasteiger partial charge in [-0.05, 0) is 68.1 Å². The number of benzene rings is 2. The molecule has 1 fully saturated rings. The normalized spacial score (nSPS) is 15.0. The topological polar surface area (TPSA) is 81.1 Å². The molecule has 1 aliphatic carbocycles. The average molecular weight is 542 g/mol. The number of aryl methyl sites for hydroxylation is 1. The molecule has 2 aromatic carbocycles. The number of hydrogen-bond donors (Lipinski definition) is 1. The van der Waals surface area contributed by atoms with Gasteiger partial charge in [0.05, 0.1) is 21.7 Å². The standard InChI is InChI=1S/C28H26F3N3O3S/c1-3-27(12-13-27)26(35)33-16-19-5-4-14-32-25(19)23-17-34(38(36,37)21-9-6-18(2)7-10-21)24-11-8-20(15-22(23)24)28(29,30)31/h4-11,14-15,17H,3,12-13,16H2,1-2H3,(H,33,35). The highest BCUT2D eigenvalue weighted by Gasteiger charge is 2.47. The van der Waals surface area contributed by atoms with Crippen molar-refractivity contribution < 1.29 is 26.4 Å². The summed E-state index contributed by atoms with van der Waals surface area (Å²) in [6, 6.07) is 12.6. The summed E-state index contributed by atoms with van der Waals surface area (Å²) in [6.07, 6.45) is 0.536. The van der Waals surface area contributed by atoms with Crippen molar-refractivity contribution in [1.82, 2.24) is 14.3 Å². The highest BCUT2D eigenvalue weighted by atomic mass is 32.2. The molecule has 1 saturated carbocycles. The van der Waals surface area contributed by atoms with Crippen LogP contribution in [0.3, 0.4) is 0 Å². The number of alkyl halides is 3. The van der Waals surface area contributed by atoms with Gasteiger partial charge in [-0.25, -0.2) is 12.4 Å². The van der Waals surface area contributed by atoms with E-state index in [2.05, 4.69) is 10.3 Å². The molecule has 5 rings (SSSR count). The van der Waals surface area contributed by atoms with Gasteiger partial charge in [0.2, 0.25) is 5.91 Å². The van der Waals surface area contributed by atoms with Crippen LogP contribution in [0.2, 0.25) is 0 Å². The van der Waals surface area contributed by atoms with Gasteiger partial charge in [0, 0.05) is 35.3 Å². The van der Waals surface area contributed by atoms with Crippen LogP contribution in [0.25, 0.3) is 22.2 Å². The van der Waals surface area contributed by atoms with Crippen molar-refractivity contribution in [3.63, 3.8) is 0 Å². The van der Waals surface area contributed by atoms with Crippen LogP contribution in [0.15, 0.2) is 71.9 Å². The first-order chi connectivity index (χ1) is 18.0. The molecule has 0 radical (unpaired) electrons. The number of fused-ring (bicyclic) bond motifs is 1. The Morgan fingerprint density at radius 3 is 2.45 bits per heavy atom. The van der Waals surface area contributed by atoms with E-state index in [1.54, 1.807) is 24.3 Å². The van der Waals surface area contributed by atoms with Crippen LogP contribution in [0.4, 0.5) is 13.2 Å². The summed E-state index contributed by atoms with van der Waals surface area (Å²) in [7, 11) is -4.13. The van der Waals surface area contributed by atoms with Crippen molar-refractivity contribution >= 4 is 26.8 Å². The van der Waals surface area contributed by atoms with E-state index >= 15 is 0 Å². The monoisotopic (exact) mass is 541 g/mol. The number of aromatic nitrogens is 2. The molecule has 0 spiro atoms. The van der Waals surface area contributed by atoms with E-state index in [-0.39, 0.29) is 39.2 Å². The summed E-state index contributed by atoms with van der Waals surface area (Å²) in [5.41, 5.74) is 0.796. The zero-order valence-electron chi connectivity index (χ0n) is 20.8. The molecule has 1 amide bonds. The number of amides is 1. The Hall–Kier alpha value is -3.66. The second-order valence-corrected chi connectivity index (χ2v) is 11.5. The molecule has 2 heterocycles. The fraction of sp³-hybridized carbons (Fsp3) is 0.286. The fourth-order valence-electron chi connectivity index (χ4n) is 4.67. The Morgan fingerprint density at radius 1 is 1.11 bits per heavy atom. The maximum atomic E-state index is 13.6. The lowest BCUT2D eigenvalue weighted by Gasteiger charge is -2.14. The van der Waals surface area contributed by atoms with Crippen molar-refractivity contribution in [2.45, 2.75) is 50.7 Å². The minimum absolute atomic E-state index is 0.00857. The van der Waals surface area contributed by atoms with E-state index in [9.17, 15) is 26.4 Å². The quantitative estimate of drug-likeness (QED) is 0.308. The summed E-state index contributed by atoms with van der Waals surface area (Å²) in [5.74, 6) is -0.0708. The van der Waals surface area contributed by atoms with Gasteiger partial charge in [-0.2, -0.15) is 13.2 Å². The van der Waals surface area contributed by atoms with Crippen LogP contribution in [-0.4, -0.2) is 23.3 Å². The number of hydrogen-bond acceptors (Lipinski definition) is 4. The number of pyridine rings is 1. The van der Waals surface area contributed by atoms with E-state index in [4.69, 9.17) is 0 Å². The molecule has 1 N–H and O–H groups in total. The van der Waals surface area contributed by atoms with Gasteiger partial charge in [-0.1, -0.05) is 30.7 Å². The Kier molecular flexibility index (Phi) is 6.33. The van der Waals surface area contributed by atoms with E-state index in [0.717, 1.165) is 47.0 Å². The van der Waals surface area contributed by atoms with Crippen molar-refractivity contribution in [2.24, 2.45) is 5.41 Å². The van der Waals surface area contributed by atoms with Crippen molar-refractivity contribution in [3.05, 3.63) is 83.7 Å². The van der Waals surface area contributed by atoms with E-state index in [1.807, 2.05) is 13.8 Å². The smallest absolute Gasteiger partial charge is 0.351 e. The molecule has 0 aliphatic heterocycles. The lowest BCUT2D eigenvalue weighted by molar-refractivity contribution is -0.137. The number of carbonyl (C=O) groups is 1. The molecule has 4 aromatic rings. The molecule has 198 valence electrons. The lowest BCUT2D eigenvalue weighted by Crippen LogP contribution is -2.31. The first-order valence-corrected chi connectivity index (χ1v) is 13.7. The van der Waals surface area contributed by atoms with Crippen LogP contribution >= 0.6 is 0 Å². The van der Waals surface area contributed by atoms with E-state index < -0.39 is 21.8 Å². The molecule has 0 atom stereocenters. The summed E-state index contributed by atoms with van der Waals surface area (Å²) >= 11 is 0. The predicted octanol–water partition coefficient (Wildman–Crippen LogP) is 6.07. The Morgan fingerprint density at radius 2 is 1.82 bits per heavy atom. The van der Waals surface area contributed by atoms with Crippen LogP contribution in [0, 0.1) is 12.3 Å². The lowest BCUT2D eigenvalue weighted by atomic mass is 10.0. The number of nitrogens with zero attached hydrogens (tertiary/aromatic N) is 2. The van der Waals surface area contributed by atoms with E-state index in [0.29, 0.717) is 11.3 Å². The summed E-state index contributed by atoms with van der Waals surface area (Å²) in [6.45, 7) is 3.90. The van der Waals surface area contributed by atoms with Crippen molar-refractivity contribution in [3.8, 4) is 11.3 Å². The van der Waals surface area contributed by atoms with Crippen LogP contribution in [0.1, 0.15) is 42.9 Å². The number of carbonyl (C=O) groups excluding carboxylic acids is 1. The van der Waals surface area contributed by atoms with Gasteiger partial charge in [0.1, 0.15) is 0 Å². The maximum absolute atomic E-state index is 13.6. The second kappa shape index (κ2) is 9.27. The van der Waals surface area contributed by atoms with Gasteiger partial charge < -0.3 is 5.32 Å². The van der Waals surface area contributed by atoms with E-state index in [1.165, 1.54) is 24.5 Å². The molecular weight excluding hydrogens is 515 g/mol. The first kappa shape index (κ1) is 26.0. The third kappa shape index (κ3) is 4.57. The molecule has 6 nitrogen and oxygen atoms in total. The minimum Gasteiger partial charge on any atom is -0.351 e. The molecule has 10 heteroatoms. The van der Waals surface area contributed by atoms with Gasteiger partial charge in [-0.3, -0.25) is 9.78 Å². The highest BCUT2D eigenvalue weighted by Crippen LogP contribution is 2.48. The van der Waals surface area contributed by atoms with Crippen LogP contribution in [-0.2, 0) is 27.5 Å². The first-order valence-electron chi connectivity index (χ1n) is 12.2. The van der Waals surface area contributed by atoms with Gasteiger partial charge in [-0.15, -0.1) is 0 Å². The Labute approximate surface area is 218 Å². The van der Waals surface area contributed by atoms with Crippen molar-refractivity contribution in [2.75, 3.05) is 0 Å². The zero-order chi connectivity index (χ0) is 27.3. The largest absolute Gasteiger partial charge is 0.416 e. The van der Waals surface area contributed by atoms with Gasteiger partial charge in [0.25, 0.3) is 10.0 Å². The van der Waals surface area contributed by atoms with Crippen molar-refractivity contribution in [1.29, 1.82) is 0 Å². The average Bonchev–Trinajstić information content (AvgIpc) is 3.60. The number of halogens is 3. The molecule has 0 saturated heterocycles. The summed E-state index contributed by atoms with van der Waals surface area (Å²) in [5, 5.41) is 3.02. The van der Waals surface area contributed by atoms with Crippen LogP contribution < -0.4 is 5.32 Å². The van der Waals surface area contributed by atoms with Crippen LogP contribution in [0.5, 0.6) is 0 Å². The predicted molar refractivity (Wildman–Crippen MR) is 138 cm³/mol. The molecule has 2 aromatic heterocycles. The second-order valence-electron chi connectivity index (χ2n) is 9.71. The zero-order valence-corrected chi connectivity index (χ0v) is 21.7. The maximum Gasteiger partial charge on any atom is 0.416 e. The fourth-order valence-corrected chi connectivity index (χ4v) is 6.04. The molecular formula is C28H26F3N3O3S.